The van der Waals surface area contributed by atoms with Gasteiger partial charge in [-0.05, 0) is 45.4 Å². The normalized spacial score (nSPS) is 35.7. The Hall–Kier alpha value is -0.0800. The van der Waals surface area contributed by atoms with Crippen LogP contribution in [0, 0.1) is 5.92 Å². The molecule has 0 radical (unpaired) electrons. The fourth-order valence-corrected chi connectivity index (χ4v) is 3.59. The Morgan fingerprint density at radius 1 is 1.33 bits per heavy atom. The number of piperazine rings is 1. The Labute approximate surface area is 114 Å². The fraction of sp³-hybridized carbons (Fsp3) is 1.00. The summed E-state index contributed by atoms with van der Waals surface area (Å²) >= 11 is 0. The molecular formula is C16H32N2. The highest BCUT2D eigenvalue weighted by molar-refractivity contribution is 5.04. The van der Waals surface area contributed by atoms with Gasteiger partial charge >= 0.3 is 0 Å². The maximum atomic E-state index is 3.86. The lowest BCUT2D eigenvalue weighted by Crippen LogP contribution is -2.65. The summed E-state index contributed by atoms with van der Waals surface area (Å²) < 4.78 is 0. The Morgan fingerprint density at radius 3 is 2.61 bits per heavy atom. The van der Waals surface area contributed by atoms with Gasteiger partial charge in [-0.3, -0.25) is 4.90 Å². The number of unbranched alkanes of at least 4 members (excludes halogenated alkanes) is 1. The minimum Gasteiger partial charge on any atom is -0.308 e. The highest BCUT2D eigenvalue weighted by atomic mass is 15.3. The van der Waals surface area contributed by atoms with E-state index in [1.54, 1.807) is 0 Å². The lowest BCUT2D eigenvalue weighted by Gasteiger charge is -2.49. The van der Waals surface area contributed by atoms with E-state index in [4.69, 9.17) is 0 Å². The fourth-order valence-electron chi connectivity index (χ4n) is 3.59. The number of hydrogen-bond donors (Lipinski definition) is 1. The molecule has 2 heteroatoms. The van der Waals surface area contributed by atoms with Crippen LogP contribution in [0.4, 0.5) is 0 Å². The second-order valence-electron chi connectivity index (χ2n) is 6.80. The molecule has 1 aliphatic heterocycles. The molecule has 106 valence electrons. The molecule has 0 aromatic carbocycles. The first-order chi connectivity index (χ1) is 8.60. The molecule has 0 spiro atoms. The van der Waals surface area contributed by atoms with Crippen molar-refractivity contribution in [3.05, 3.63) is 0 Å². The van der Waals surface area contributed by atoms with Crippen molar-refractivity contribution in [1.29, 1.82) is 0 Å². The van der Waals surface area contributed by atoms with E-state index >= 15 is 0 Å². The van der Waals surface area contributed by atoms with Crippen LogP contribution in [0.5, 0.6) is 0 Å². The van der Waals surface area contributed by atoms with Crippen LogP contribution in [0.3, 0.4) is 0 Å². The monoisotopic (exact) mass is 252 g/mol. The van der Waals surface area contributed by atoms with E-state index in [1.165, 1.54) is 51.6 Å². The predicted molar refractivity (Wildman–Crippen MR) is 78.9 cm³/mol. The smallest absolute Gasteiger partial charge is 0.0309 e. The topological polar surface area (TPSA) is 15.3 Å². The summed E-state index contributed by atoms with van der Waals surface area (Å²) in [5.74, 6) is 0.941. The molecule has 1 heterocycles. The molecule has 0 aromatic rings. The summed E-state index contributed by atoms with van der Waals surface area (Å²) in [4.78, 5) is 2.81. The van der Waals surface area contributed by atoms with E-state index in [0.29, 0.717) is 5.54 Å². The molecular weight excluding hydrogens is 220 g/mol. The van der Waals surface area contributed by atoms with E-state index in [-0.39, 0.29) is 0 Å². The molecule has 2 fully saturated rings. The molecule has 18 heavy (non-hydrogen) atoms. The van der Waals surface area contributed by atoms with Crippen LogP contribution in [0.15, 0.2) is 0 Å². The SMILES string of the molecule is CCCCC(C)N1CC(C)(C2CC2)NCC1CC. The Bertz CT molecular complexity index is 262. The van der Waals surface area contributed by atoms with Crippen molar-refractivity contribution < 1.29 is 0 Å². The lowest BCUT2D eigenvalue weighted by molar-refractivity contribution is 0.0388. The second-order valence-corrected chi connectivity index (χ2v) is 6.80. The third kappa shape index (κ3) is 3.08. The summed E-state index contributed by atoms with van der Waals surface area (Å²) in [5.41, 5.74) is 0.395. The highest BCUT2D eigenvalue weighted by Gasteiger charge is 2.46. The molecule has 2 rings (SSSR count). The molecule has 1 aliphatic carbocycles. The van der Waals surface area contributed by atoms with Gasteiger partial charge in [0, 0.05) is 30.7 Å². The molecule has 3 unspecified atom stereocenters. The van der Waals surface area contributed by atoms with Crippen molar-refractivity contribution in [2.24, 2.45) is 5.92 Å². The van der Waals surface area contributed by atoms with Crippen LogP contribution in [-0.2, 0) is 0 Å². The summed E-state index contributed by atoms with van der Waals surface area (Å²) in [5, 5.41) is 3.86. The average molecular weight is 252 g/mol. The highest BCUT2D eigenvalue weighted by Crippen LogP contribution is 2.42. The van der Waals surface area contributed by atoms with Crippen LogP contribution in [-0.4, -0.2) is 35.6 Å². The van der Waals surface area contributed by atoms with E-state index < -0.39 is 0 Å². The van der Waals surface area contributed by atoms with E-state index in [9.17, 15) is 0 Å². The van der Waals surface area contributed by atoms with Crippen molar-refractivity contribution in [2.45, 2.75) is 83.8 Å². The third-order valence-electron chi connectivity index (χ3n) is 5.21. The molecule has 3 atom stereocenters. The number of nitrogens with zero attached hydrogens (tertiary/aromatic N) is 1. The first kappa shape index (κ1) is 14.3. The maximum Gasteiger partial charge on any atom is 0.0309 e. The number of rotatable bonds is 6. The zero-order valence-corrected chi connectivity index (χ0v) is 12.8. The zero-order valence-electron chi connectivity index (χ0n) is 12.8. The lowest BCUT2D eigenvalue weighted by atomic mass is 9.89. The minimum atomic E-state index is 0.395. The quantitative estimate of drug-likeness (QED) is 0.779. The summed E-state index contributed by atoms with van der Waals surface area (Å²) in [6.07, 6.45) is 8.24. The van der Waals surface area contributed by atoms with Crippen molar-refractivity contribution >= 4 is 0 Å². The first-order valence-electron chi connectivity index (χ1n) is 8.11. The van der Waals surface area contributed by atoms with Gasteiger partial charge in [0.05, 0.1) is 0 Å². The van der Waals surface area contributed by atoms with Gasteiger partial charge in [-0.1, -0.05) is 26.7 Å². The Kier molecular flexibility index (Phi) is 4.71. The molecule has 0 bridgehead atoms. The van der Waals surface area contributed by atoms with Gasteiger partial charge in [-0.15, -0.1) is 0 Å². The largest absolute Gasteiger partial charge is 0.308 e. The molecule has 1 saturated carbocycles. The molecule has 2 nitrogen and oxygen atoms in total. The predicted octanol–water partition coefficient (Wildman–Crippen LogP) is 3.42. The molecule has 1 saturated heterocycles. The second kappa shape index (κ2) is 5.92. The van der Waals surface area contributed by atoms with E-state index in [1.807, 2.05) is 0 Å². The van der Waals surface area contributed by atoms with Crippen LogP contribution < -0.4 is 5.32 Å². The van der Waals surface area contributed by atoms with Gasteiger partial charge in [0.1, 0.15) is 0 Å². The van der Waals surface area contributed by atoms with Gasteiger partial charge in [0.2, 0.25) is 0 Å². The summed E-state index contributed by atoms with van der Waals surface area (Å²) in [6.45, 7) is 12.0. The van der Waals surface area contributed by atoms with Gasteiger partial charge in [0.15, 0.2) is 0 Å². The number of hydrogen-bond acceptors (Lipinski definition) is 2. The molecule has 2 aliphatic rings. The maximum absolute atomic E-state index is 3.86. The molecule has 0 aromatic heterocycles. The van der Waals surface area contributed by atoms with Crippen molar-refractivity contribution in [1.82, 2.24) is 10.2 Å². The number of nitrogens with one attached hydrogen (secondary N) is 1. The van der Waals surface area contributed by atoms with Crippen LogP contribution in [0.1, 0.15) is 66.2 Å². The minimum absolute atomic E-state index is 0.395. The van der Waals surface area contributed by atoms with Crippen LogP contribution in [0.2, 0.25) is 0 Å². The molecule has 1 N–H and O–H groups in total. The summed E-state index contributed by atoms with van der Waals surface area (Å²) in [7, 11) is 0. The van der Waals surface area contributed by atoms with Gasteiger partial charge in [-0.25, -0.2) is 0 Å². The van der Waals surface area contributed by atoms with Gasteiger partial charge in [-0.2, -0.15) is 0 Å². The van der Waals surface area contributed by atoms with Crippen LogP contribution >= 0.6 is 0 Å². The van der Waals surface area contributed by atoms with Crippen LogP contribution in [0.25, 0.3) is 0 Å². The average Bonchev–Trinajstić information content (AvgIpc) is 3.20. The zero-order chi connectivity index (χ0) is 13.2. The van der Waals surface area contributed by atoms with E-state index in [0.717, 1.165) is 18.0 Å². The summed E-state index contributed by atoms with van der Waals surface area (Å²) in [6, 6.07) is 1.51. The van der Waals surface area contributed by atoms with Crippen molar-refractivity contribution in [3.63, 3.8) is 0 Å². The molecule has 0 amide bonds. The van der Waals surface area contributed by atoms with E-state index in [2.05, 4.69) is 37.9 Å². The van der Waals surface area contributed by atoms with Gasteiger partial charge < -0.3 is 5.32 Å². The third-order valence-corrected chi connectivity index (χ3v) is 5.21. The standard InChI is InChI=1S/C16H32N2/c1-5-7-8-13(3)18-12-16(4,14-9-10-14)17-11-15(18)6-2/h13-15,17H,5-12H2,1-4H3. The van der Waals surface area contributed by atoms with Crippen molar-refractivity contribution in [3.8, 4) is 0 Å². The first-order valence-corrected chi connectivity index (χ1v) is 8.11. The van der Waals surface area contributed by atoms with Crippen molar-refractivity contribution in [2.75, 3.05) is 13.1 Å². The van der Waals surface area contributed by atoms with Gasteiger partial charge in [0.25, 0.3) is 0 Å². The Balaban J connectivity index is 1.98. The Morgan fingerprint density at radius 2 is 2.06 bits per heavy atom.